The molecule has 2 unspecified atom stereocenters. The maximum atomic E-state index is 12.5. The minimum atomic E-state index is -0.513. The number of aromatic nitrogens is 2. The van der Waals surface area contributed by atoms with Crippen molar-refractivity contribution >= 4 is 11.8 Å². The average Bonchev–Trinajstić information content (AvgIpc) is 2.95. The summed E-state index contributed by atoms with van der Waals surface area (Å²) in [4.78, 5) is 25.8. The van der Waals surface area contributed by atoms with E-state index in [0.717, 1.165) is 12.8 Å². The number of hydrogen-bond donors (Lipinski definition) is 3. The number of hydrogen-bond acceptors (Lipinski definition) is 5. The van der Waals surface area contributed by atoms with Gasteiger partial charge in [0.25, 0.3) is 5.91 Å². The van der Waals surface area contributed by atoms with Crippen molar-refractivity contribution in [3.63, 3.8) is 0 Å². The van der Waals surface area contributed by atoms with Crippen molar-refractivity contribution in [2.24, 2.45) is 5.92 Å². The fourth-order valence-corrected chi connectivity index (χ4v) is 3.48. The first-order chi connectivity index (χ1) is 12.1. The maximum absolute atomic E-state index is 12.5. The molecule has 0 bridgehead atoms. The largest absolute Gasteiger partial charge is 0.396 e. The molecule has 138 valence electrons. The third kappa shape index (κ3) is 4.01. The van der Waals surface area contributed by atoms with Gasteiger partial charge in [0.05, 0.1) is 17.8 Å². The monoisotopic (exact) mass is 350 g/mol. The second-order valence-corrected chi connectivity index (χ2v) is 6.93. The van der Waals surface area contributed by atoms with Gasteiger partial charge in [0.15, 0.2) is 0 Å². The molecule has 0 aromatic carbocycles. The maximum Gasteiger partial charge on any atom is 0.254 e. The molecular weight excluding hydrogens is 324 g/mol. The van der Waals surface area contributed by atoms with Gasteiger partial charge in [0.2, 0.25) is 5.91 Å². The van der Waals surface area contributed by atoms with Crippen molar-refractivity contribution in [2.45, 2.75) is 44.2 Å². The Bertz CT molecular complexity index is 614. The summed E-state index contributed by atoms with van der Waals surface area (Å²) < 4.78 is 1.86. The first-order valence-electron chi connectivity index (χ1n) is 8.97. The van der Waals surface area contributed by atoms with Crippen LogP contribution in [0.4, 0.5) is 0 Å². The van der Waals surface area contributed by atoms with Crippen molar-refractivity contribution in [1.82, 2.24) is 20.0 Å². The molecule has 0 spiro atoms. The Hall–Kier alpha value is -1.93. The molecule has 8 heteroatoms. The molecule has 1 aliphatic carbocycles. The van der Waals surface area contributed by atoms with Gasteiger partial charge in [-0.25, -0.2) is 0 Å². The van der Waals surface area contributed by atoms with Crippen LogP contribution in [0.25, 0.3) is 0 Å². The van der Waals surface area contributed by atoms with E-state index in [1.165, 1.54) is 6.42 Å². The summed E-state index contributed by atoms with van der Waals surface area (Å²) in [6.45, 7) is 0.382. The second-order valence-electron chi connectivity index (χ2n) is 6.93. The zero-order chi connectivity index (χ0) is 17.8. The highest BCUT2D eigenvalue weighted by Crippen LogP contribution is 2.30. The van der Waals surface area contributed by atoms with Crippen LogP contribution >= 0.6 is 0 Å². The molecule has 1 saturated heterocycles. The summed E-state index contributed by atoms with van der Waals surface area (Å²) in [6.07, 6.45) is 7.92. The average molecular weight is 350 g/mol. The zero-order valence-corrected chi connectivity index (χ0v) is 14.3. The number of rotatable bonds is 5. The summed E-state index contributed by atoms with van der Waals surface area (Å²) in [5.74, 6) is -0.622. The molecule has 3 rings (SSSR count). The summed E-state index contributed by atoms with van der Waals surface area (Å²) in [5, 5.41) is 25.9. The van der Waals surface area contributed by atoms with Crippen LogP contribution in [0.2, 0.25) is 0 Å². The van der Waals surface area contributed by atoms with E-state index in [1.54, 1.807) is 17.3 Å². The van der Waals surface area contributed by atoms with E-state index in [2.05, 4.69) is 10.4 Å². The molecule has 0 radical (unpaired) electrons. The van der Waals surface area contributed by atoms with Gasteiger partial charge in [-0.1, -0.05) is 0 Å². The van der Waals surface area contributed by atoms with E-state index in [4.69, 9.17) is 5.11 Å². The van der Waals surface area contributed by atoms with Crippen LogP contribution in [-0.2, 0) is 4.79 Å². The topological polar surface area (TPSA) is 108 Å². The quantitative estimate of drug-likeness (QED) is 0.689. The third-order valence-electron chi connectivity index (χ3n) is 5.40. The zero-order valence-electron chi connectivity index (χ0n) is 14.3. The molecule has 2 fully saturated rings. The van der Waals surface area contributed by atoms with Crippen molar-refractivity contribution in [2.75, 3.05) is 26.3 Å². The molecule has 2 heterocycles. The number of carbonyl (C=O) groups is 2. The van der Waals surface area contributed by atoms with Gasteiger partial charge in [0.1, 0.15) is 6.61 Å². The van der Waals surface area contributed by atoms with Crippen LogP contribution in [-0.4, -0.2) is 69.1 Å². The Balaban J connectivity index is 1.62. The van der Waals surface area contributed by atoms with Crippen LogP contribution in [0.3, 0.4) is 0 Å². The molecule has 3 N–H and O–H groups in total. The lowest BCUT2D eigenvalue weighted by Crippen LogP contribution is -2.42. The summed E-state index contributed by atoms with van der Waals surface area (Å²) in [7, 11) is 0. The number of carbonyl (C=O) groups excluding carboxylic acids is 2. The normalized spacial score (nSPS) is 24.5. The SMILES string of the molecule is O=C(NC1CCN(C(=O)CO)CCC1CO)c1cnn(C2CCC2)c1. The molecule has 1 saturated carbocycles. The number of likely N-dealkylation sites (tertiary alicyclic amines) is 1. The molecule has 1 aromatic heterocycles. The molecule has 8 nitrogen and oxygen atoms in total. The Morgan fingerprint density at radius 2 is 1.96 bits per heavy atom. The van der Waals surface area contributed by atoms with Crippen molar-refractivity contribution < 1.29 is 19.8 Å². The van der Waals surface area contributed by atoms with E-state index < -0.39 is 6.61 Å². The van der Waals surface area contributed by atoms with Crippen LogP contribution in [0.1, 0.15) is 48.5 Å². The van der Waals surface area contributed by atoms with E-state index in [-0.39, 0.29) is 30.4 Å². The van der Waals surface area contributed by atoms with Gasteiger partial charge in [0, 0.05) is 37.9 Å². The van der Waals surface area contributed by atoms with Crippen LogP contribution in [0.5, 0.6) is 0 Å². The first-order valence-corrected chi connectivity index (χ1v) is 8.97. The van der Waals surface area contributed by atoms with Crippen molar-refractivity contribution in [3.05, 3.63) is 18.0 Å². The highest BCUT2D eigenvalue weighted by molar-refractivity contribution is 5.93. The van der Waals surface area contributed by atoms with Gasteiger partial charge >= 0.3 is 0 Å². The number of nitrogens with one attached hydrogen (secondary N) is 1. The Morgan fingerprint density at radius 1 is 1.20 bits per heavy atom. The first kappa shape index (κ1) is 17.9. The Kier molecular flexibility index (Phi) is 5.70. The highest BCUT2D eigenvalue weighted by Gasteiger charge is 2.29. The van der Waals surface area contributed by atoms with E-state index in [9.17, 15) is 14.7 Å². The van der Waals surface area contributed by atoms with Gasteiger partial charge in [-0.05, 0) is 32.1 Å². The van der Waals surface area contributed by atoms with Gasteiger partial charge in [-0.2, -0.15) is 5.10 Å². The van der Waals surface area contributed by atoms with Crippen LogP contribution in [0, 0.1) is 5.92 Å². The molecule has 1 aliphatic heterocycles. The predicted molar refractivity (Wildman–Crippen MR) is 89.8 cm³/mol. The molecule has 2 aliphatic rings. The van der Waals surface area contributed by atoms with Crippen molar-refractivity contribution in [1.29, 1.82) is 0 Å². The molecule has 25 heavy (non-hydrogen) atoms. The third-order valence-corrected chi connectivity index (χ3v) is 5.40. The lowest BCUT2D eigenvalue weighted by atomic mass is 9.93. The van der Waals surface area contributed by atoms with Gasteiger partial charge in [-0.3, -0.25) is 14.3 Å². The summed E-state index contributed by atoms with van der Waals surface area (Å²) in [5.41, 5.74) is 0.524. The molecule has 2 amide bonds. The molecular formula is C17H26N4O4. The van der Waals surface area contributed by atoms with Gasteiger partial charge in [-0.15, -0.1) is 0 Å². The second kappa shape index (κ2) is 7.97. The van der Waals surface area contributed by atoms with Crippen LogP contribution < -0.4 is 5.32 Å². The fourth-order valence-electron chi connectivity index (χ4n) is 3.48. The minimum absolute atomic E-state index is 0.0482. The lowest BCUT2D eigenvalue weighted by molar-refractivity contribution is -0.134. The smallest absolute Gasteiger partial charge is 0.254 e. The van der Waals surface area contributed by atoms with E-state index in [0.29, 0.717) is 37.5 Å². The fraction of sp³-hybridized carbons (Fsp3) is 0.706. The summed E-state index contributed by atoms with van der Waals surface area (Å²) >= 11 is 0. The molecule has 1 aromatic rings. The number of amides is 2. The van der Waals surface area contributed by atoms with Crippen LogP contribution in [0.15, 0.2) is 12.4 Å². The highest BCUT2D eigenvalue weighted by atomic mass is 16.3. The predicted octanol–water partition coefficient (Wildman–Crippen LogP) is -0.0703. The molecule has 2 atom stereocenters. The van der Waals surface area contributed by atoms with E-state index >= 15 is 0 Å². The van der Waals surface area contributed by atoms with Crippen molar-refractivity contribution in [3.8, 4) is 0 Å². The standard InChI is InChI=1S/C17H26N4O4/c22-10-12-4-6-20(16(24)11-23)7-5-15(12)19-17(25)13-8-18-21(9-13)14-2-1-3-14/h8-9,12,14-15,22-23H,1-7,10-11H2,(H,19,25). The number of aliphatic hydroxyl groups excluding tert-OH is 2. The number of aliphatic hydroxyl groups is 2. The lowest BCUT2D eigenvalue weighted by Gasteiger charge is -2.25. The minimum Gasteiger partial charge on any atom is -0.396 e. The Morgan fingerprint density at radius 3 is 2.60 bits per heavy atom. The summed E-state index contributed by atoms with van der Waals surface area (Å²) in [6, 6.07) is 0.198. The van der Waals surface area contributed by atoms with E-state index in [1.807, 2.05) is 4.68 Å². The number of nitrogens with zero attached hydrogens (tertiary/aromatic N) is 3. The van der Waals surface area contributed by atoms with Gasteiger partial charge < -0.3 is 20.4 Å². The Labute approximate surface area is 146 Å².